The van der Waals surface area contributed by atoms with Gasteiger partial charge in [-0.2, -0.15) is 0 Å². The Kier molecular flexibility index (Phi) is 6.03. The molecule has 5 heteroatoms. The van der Waals surface area contributed by atoms with Crippen molar-refractivity contribution in [3.05, 3.63) is 29.6 Å². The summed E-state index contributed by atoms with van der Waals surface area (Å²) in [6, 6.07) is 6.35. The average Bonchev–Trinajstić information content (AvgIpc) is 2.76. The molecule has 116 valence electrons. The Labute approximate surface area is 131 Å². The van der Waals surface area contributed by atoms with Crippen molar-refractivity contribution < 1.29 is 4.74 Å². The third-order valence-electron chi connectivity index (χ3n) is 3.44. The van der Waals surface area contributed by atoms with E-state index in [4.69, 9.17) is 16.3 Å². The first-order valence-corrected chi connectivity index (χ1v) is 7.89. The van der Waals surface area contributed by atoms with Gasteiger partial charge in [0.25, 0.3) is 0 Å². The summed E-state index contributed by atoms with van der Waals surface area (Å²) >= 11 is 5.90. The molecule has 0 amide bonds. The molecule has 1 aromatic carbocycles. The fourth-order valence-electron chi connectivity index (χ4n) is 2.31. The van der Waals surface area contributed by atoms with Crippen LogP contribution in [-0.4, -0.2) is 54.2 Å². The van der Waals surface area contributed by atoms with Gasteiger partial charge in [-0.15, -0.1) is 11.6 Å². The highest BCUT2D eigenvalue weighted by Gasteiger charge is 2.10. The monoisotopic (exact) mass is 309 g/mol. The lowest BCUT2D eigenvalue weighted by Gasteiger charge is -2.12. The molecule has 0 fully saturated rings. The zero-order valence-electron chi connectivity index (χ0n) is 13.1. The van der Waals surface area contributed by atoms with Crippen LogP contribution in [0.4, 0.5) is 0 Å². The highest BCUT2D eigenvalue weighted by atomic mass is 35.5. The lowest BCUT2D eigenvalue weighted by atomic mass is 10.2. The van der Waals surface area contributed by atoms with Crippen LogP contribution >= 0.6 is 11.6 Å². The fraction of sp³-hybridized carbons (Fsp3) is 0.562. The number of alkyl halides is 1. The minimum atomic E-state index is 0.587. The van der Waals surface area contributed by atoms with Crippen LogP contribution in [0.15, 0.2) is 18.2 Å². The third-order valence-corrected chi connectivity index (χ3v) is 3.63. The van der Waals surface area contributed by atoms with Crippen LogP contribution in [-0.2, 0) is 17.7 Å². The van der Waals surface area contributed by atoms with Gasteiger partial charge in [0.1, 0.15) is 5.82 Å². The molecule has 0 saturated heterocycles. The predicted molar refractivity (Wildman–Crippen MR) is 88.3 cm³/mol. The topological polar surface area (TPSA) is 30.3 Å². The number of imidazole rings is 1. The molecule has 0 unspecified atom stereocenters. The summed E-state index contributed by atoms with van der Waals surface area (Å²) in [5.41, 5.74) is 3.45. The number of nitrogens with zero attached hydrogens (tertiary/aromatic N) is 3. The number of aromatic nitrogens is 2. The number of fused-ring (bicyclic) bond motifs is 1. The Hall–Kier alpha value is -1.10. The van der Waals surface area contributed by atoms with Crippen LogP contribution in [0.3, 0.4) is 0 Å². The van der Waals surface area contributed by atoms with E-state index in [2.05, 4.69) is 39.6 Å². The molecule has 0 N–H and O–H groups in total. The van der Waals surface area contributed by atoms with Crippen LogP contribution in [0.2, 0.25) is 0 Å². The van der Waals surface area contributed by atoms with Crippen LogP contribution in [0, 0.1) is 6.92 Å². The van der Waals surface area contributed by atoms with Crippen molar-refractivity contribution in [1.82, 2.24) is 14.5 Å². The maximum absolute atomic E-state index is 5.90. The van der Waals surface area contributed by atoms with Gasteiger partial charge in [0, 0.05) is 25.4 Å². The number of hydrogen-bond donors (Lipinski definition) is 0. The summed E-state index contributed by atoms with van der Waals surface area (Å²) in [5, 5.41) is 0. The highest BCUT2D eigenvalue weighted by Crippen LogP contribution is 2.18. The van der Waals surface area contributed by atoms with Gasteiger partial charge in [-0.3, -0.25) is 0 Å². The van der Waals surface area contributed by atoms with Gasteiger partial charge in [0.05, 0.1) is 24.2 Å². The van der Waals surface area contributed by atoms with Crippen molar-refractivity contribution in [3.63, 3.8) is 0 Å². The second kappa shape index (κ2) is 7.78. The molecule has 0 spiro atoms. The van der Waals surface area contributed by atoms with Crippen LogP contribution in [0.1, 0.15) is 11.4 Å². The summed E-state index contributed by atoms with van der Waals surface area (Å²) in [4.78, 5) is 6.81. The molecule has 0 radical (unpaired) electrons. The average molecular weight is 310 g/mol. The van der Waals surface area contributed by atoms with Gasteiger partial charge in [-0.1, -0.05) is 6.07 Å². The van der Waals surface area contributed by atoms with Crippen molar-refractivity contribution in [2.75, 3.05) is 39.7 Å². The number of benzene rings is 1. The Morgan fingerprint density at radius 2 is 2.10 bits per heavy atom. The lowest BCUT2D eigenvalue weighted by molar-refractivity contribution is 0.111. The van der Waals surface area contributed by atoms with E-state index in [1.165, 1.54) is 11.1 Å². The number of hydrogen-bond acceptors (Lipinski definition) is 3. The summed E-state index contributed by atoms with van der Waals surface area (Å²) in [7, 11) is 4.10. The van der Waals surface area contributed by atoms with Crippen LogP contribution in [0.5, 0.6) is 0 Å². The molecule has 1 aromatic heterocycles. The zero-order chi connectivity index (χ0) is 15.2. The molecule has 0 aliphatic carbocycles. The Morgan fingerprint density at radius 1 is 1.29 bits per heavy atom. The van der Waals surface area contributed by atoms with Gasteiger partial charge in [0.15, 0.2) is 0 Å². The molecule has 2 rings (SSSR count). The predicted octanol–water partition coefficient (Wildman–Crippen LogP) is 2.70. The minimum Gasteiger partial charge on any atom is -0.378 e. The van der Waals surface area contributed by atoms with Crippen molar-refractivity contribution in [3.8, 4) is 0 Å². The second-order valence-electron chi connectivity index (χ2n) is 5.53. The maximum atomic E-state index is 5.90. The van der Waals surface area contributed by atoms with E-state index in [1.807, 2.05) is 14.1 Å². The van der Waals surface area contributed by atoms with Crippen molar-refractivity contribution in [1.29, 1.82) is 0 Å². The Balaban J connectivity index is 2.08. The lowest BCUT2D eigenvalue weighted by Crippen LogP contribution is -2.19. The standard InChI is InChI=1S/C16H24ClN3O/c1-13-4-5-14-15(12-13)20(16(18-14)6-7-17)9-11-21-10-8-19(2)3/h4-5,12H,6-11H2,1-3H3. The van der Waals surface area contributed by atoms with E-state index in [0.29, 0.717) is 12.5 Å². The number of halogens is 1. The summed E-state index contributed by atoms with van der Waals surface area (Å²) in [6.45, 7) is 5.32. The van der Waals surface area contributed by atoms with E-state index in [-0.39, 0.29) is 0 Å². The van der Waals surface area contributed by atoms with Crippen molar-refractivity contribution in [2.45, 2.75) is 19.9 Å². The molecule has 0 bridgehead atoms. The molecule has 0 aliphatic heterocycles. The molecule has 2 aromatic rings. The first kappa shape index (κ1) is 16.3. The third kappa shape index (κ3) is 4.43. The molecule has 0 atom stereocenters. The van der Waals surface area contributed by atoms with Gasteiger partial charge in [-0.25, -0.2) is 4.98 Å². The first-order chi connectivity index (χ1) is 10.1. The number of ether oxygens (including phenoxy) is 1. The van der Waals surface area contributed by atoms with Gasteiger partial charge < -0.3 is 14.2 Å². The molecule has 21 heavy (non-hydrogen) atoms. The largest absolute Gasteiger partial charge is 0.378 e. The molecule has 0 aliphatic rings. The summed E-state index contributed by atoms with van der Waals surface area (Å²) in [5.74, 6) is 1.63. The number of aryl methyl sites for hydroxylation is 2. The van der Waals surface area contributed by atoms with E-state index in [0.717, 1.165) is 37.5 Å². The first-order valence-electron chi connectivity index (χ1n) is 7.36. The van der Waals surface area contributed by atoms with Crippen molar-refractivity contribution in [2.24, 2.45) is 0 Å². The smallest absolute Gasteiger partial charge is 0.111 e. The SMILES string of the molecule is Cc1ccc2nc(CCCl)n(CCOCCN(C)C)c2c1. The van der Waals surface area contributed by atoms with Crippen LogP contribution in [0.25, 0.3) is 11.0 Å². The maximum Gasteiger partial charge on any atom is 0.111 e. The minimum absolute atomic E-state index is 0.587. The van der Waals surface area contributed by atoms with Gasteiger partial charge >= 0.3 is 0 Å². The van der Waals surface area contributed by atoms with Gasteiger partial charge in [0.2, 0.25) is 0 Å². The molecule has 0 saturated carbocycles. The summed E-state index contributed by atoms with van der Waals surface area (Å²) < 4.78 is 7.94. The number of likely N-dealkylation sites (N-methyl/N-ethyl adjacent to an activating group) is 1. The number of rotatable bonds is 8. The normalized spacial score (nSPS) is 11.7. The molecular formula is C16H24ClN3O. The zero-order valence-corrected chi connectivity index (χ0v) is 13.9. The van der Waals surface area contributed by atoms with Crippen molar-refractivity contribution >= 4 is 22.6 Å². The highest BCUT2D eigenvalue weighted by molar-refractivity contribution is 6.17. The molecule has 1 heterocycles. The quantitative estimate of drug-likeness (QED) is 0.555. The molecular weight excluding hydrogens is 286 g/mol. The van der Waals surface area contributed by atoms with Gasteiger partial charge in [-0.05, 0) is 38.7 Å². The second-order valence-corrected chi connectivity index (χ2v) is 5.90. The Morgan fingerprint density at radius 3 is 2.81 bits per heavy atom. The van der Waals surface area contributed by atoms with E-state index in [1.54, 1.807) is 0 Å². The fourth-order valence-corrected chi connectivity index (χ4v) is 2.48. The summed E-state index contributed by atoms with van der Waals surface area (Å²) in [6.07, 6.45) is 0.785. The van der Waals surface area contributed by atoms with E-state index < -0.39 is 0 Å². The Bertz CT molecular complexity index is 580. The van der Waals surface area contributed by atoms with Crippen LogP contribution < -0.4 is 0 Å². The van der Waals surface area contributed by atoms with E-state index in [9.17, 15) is 0 Å². The van der Waals surface area contributed by atoms with E-state index >= 15 is 0 Å². The molecule has 4 nitrogen and oxygen atoms in total.